The summed E-state index contributed by atoms with van der Waals surface area (Å²) in [5.41, 5.74) is 5.97. The summed E-state index contributed by atoms with van der Waals surface area (Å²) in [7, 11) is 0. The summed E-state index contributed by atoms with van der Waals surface area (Å²) >= 11 is 6.35. The van der Waals surface area contributed by atoms with Crippen molar-refractivity contribution in [3.05, 3.63) is 23.2 Å². The topological polar surface area (TPSA) is 89.1 Å². The maximum absolute atomic E-state index is 13.5. The molecule has 0 spiro atoms. The van der Waals surface area contributed by atoms with Gasteiger partial charge in [0.15, 0.2) is 5.54 Å². The van der Waals surface area contributed by atoms with Gasteiger partial charge in [-0.25, -0.2) is 5.43 Å². The molecule has 3 aliphatic rings. The van der Waals surface area contributed by atoms with Gasteiger partial charge in [0, 0.05) is 25.2 Å². The molecule has 0 radical (unpaired) electrons. The summed E-state index contributed by atoms with van der Waals surface area (Å²) in [4.78, 5) is 35.0. The van der Waals surface area contributed by atoms with Crippen LogP contribution in [0.25, 0.3) is 0 Å². The third kappa shape index (κ3) is 3.74. The van der Waals surface area contributed by atoms with Crippen LogP contribution in [0, 0.1) is 0 Å². The summed E-state index contributed by atoms with van der Waals surface area (Å²) in [5, 5.41) is 3.96. The van der Waals surface area contributed by atoms with Crippen LogP contribution in [0.1, 0.15) is 40.0 Å². The van der Waals surface area contributed by atoms with E-state index in [1.165, 1.54) is 0 Å². The number of benzene rings is 1. The molecule has 8 nitrogen and oxygen atoms in total. The summed E-state index contributed by atoms with van der Waals surface area (Å²) < 4.78 is 0. The minimum absolute atomic E-state index is 0.0277. The van der Waals surface area contributed by atoms with Gasteiger partial charge >= 0.3 is 0 Å². The third-order valence-electron chi connectivity index (χ3n) is 5.87. The maximum Gasteiger partial charge on any atom is 0.264 e. The summed E-state index contributed by atoms with van der Waals surface area (Å²) in [6, 6.07) is 5.30. The lowest BCUT2D eigenvalue weighted by molar-refractivity contribution is -0.137. The molecule has 0 aliphatic carbocycles. The summed E-state index contributed by atoms with van der Waals surface area (Å²) in [6.07, 6.45) is 3.71. The van der Waals surface area contributed by atoms with Gasteiger partial charge in [-0.1, -0.05) is 17.7 Å². The van der Waals surface area contributed by atoms with Crippen LogP contribution < -0.4 is 21.1 Å². The van der Waals surface area contributed by atoms with Gasteiger partial charge in [0.05, 0.1) is 35.2 Å². The molecular weight excluding hydrogens is 404 g/mol. The van der Waals surface area contributed by atoms with Crippen molar-refractivity contribution in [2.75, 3.05) is 29.9 Å². The van der Waals surface area contributed by atoms with Crippen molar-refractivity contribution in [2.24, 2.45) is 4.99 Å². The predicted molar refractivity (Wildman–Crippen MR) is 119 cm³/mol. The molecule has 0 saturated carbocycles. The molecule has 30 heavy (non-hydrogen) atoms. The van der Waals surface area contributed by atoms with E-state index in [0.717, 1.165) is 37.3 Å². The number of anilines is 2. The highest BCUT2D eigenvalue weighted by Crippen LogP contribution is 2.43. The van der Waals surface area contributed by atoms with Crippen molar-refractivity contribution >= 4 is 41.1 Å². The molecule has 0 bridgehead atoms. The molecule has 2 atom stereocenters. The first kappa shape index (κ1) is 20.9. The zero-order valence-corrected chi connectivity index (χ0v) is 18.4. The second-order valence-corrected chi connectivity index (χ2v) is 9.61. The number of aliphatic imine (C=N–C) groups is 1. The fourth-order valence-electron chi connectivity index (χ4n) is 4.28. The Balaban J connectivity index is 1.65. The van der Waals surface area contributed by atoms with Crippen LogP contribution >= 0.6 is 11.6 Å². The zero-order chi connectivity index (χ0) is 21.5. The molecule has 1 aromatic carbocycles. The molecule has 1 saturated heterocycles. The Kier molecular flexibility index (Phi) is 5.40. The summed E-state index contributed by atoms with van der Waals surface area (Å²) in [6.45, 7) is 7.81. The van der Waals surface area contributed by atoms with Crippen LogP contribution in [0.2, 0.25) is 5.02 Å². The second-order valence-electron chi connectivity index (χ2n) is 9.20. The maximum atomic E-state index is 13.5. The van der Waals surface area contributed by atoms with E-state index in [0.29, 0.717) is 11.6 Å². The smallest absolute Gasteiger partial charge is 0.264 e. The van der Waals surface area contributed by atoms with Crippen molar-refractivity contribution in [3.63, 3.8) is 0 Å². The van der Waals surface area contributed by atoms with Crippen LogP contribution in [0.3, 0.4) is 0 Å². The van der Waals surface area contributed by atoms with Crippen molar-refractivity contribution < 1.29 is 9.59 Å². The van der Waals surface area contributed by atoms with Gasteiger partial charge in [-0.2, -0.15) is 0 Å². The van der Waals surface area contributed by atoms with E-state index < -0.39 is 5.54 Å². The lowest BCUT2D eigenvalue weighted by Crippen LogP contribution is -2.64. The highest BCUT2D eigenvalue weighted by molar-refractivity contribution is 6.34. The molecular formula is C21H29ClN6O2. The average Bonchev–Trinajstić information content (AvgIpc) is 3.35. The van der Waals surface area contributed by atoms with Gasteiger partial charge in [0.2, 0.25) is 5.91 Å². The Morgan fingerprint density at radius 2 is 2.03 bits per heavy atom. The van der Waals surface area contributed by atoms with Gasteiger partial charge < -0.3 is 15.1 Å². The Labute approximate surface area is 182 Å². The molecule has 2 unspecified atom stereocenters. The fourth-order valence-corrected chi connectivity index (χ4v) is 4.51. The number of nitrogens with zero attached hydrogens (tertiary/aromatic N) is 3. The van der Waals surface area contributed by atoms with E-state index >= 15 is 0 Å². The molecule has 4 rings (SSSR count). The molecule has 3 heterocycles. The molecule has 2 amide bonds. The van der Waals surface area contributed by atoms with Crippen molar-refractivity contribution in [1.29, 1.82) is 0 Å². The first-order valence-electron chi connectivity index (χ1n) is 10.4. The SMILES string of the molecule is CC(C)(C)NNC(=O)C1(CC(=O)N2CCCC2)N=CN2c3cccc(Cl)c3NCC21. The molecule has 9 heteroatoms. The molecule has 1 aromatic rings. The normalized spacial score (nSPS) is 25.0. The van der Waals surface area contributed by atoms with Crippen LogP contribution in [-0.4, -0.2) is 59.8 Å². The number of halogens is 1. The van der Waals surface area contributed by atoms with Gasteiger partial charge in [-0.05, 0) is 45.7 Å². The number of fused-ring (bicyclic) bond motifs is 3. The molecule has 162 valence electrons. The van der Waals surface area contributed by atoms with Gasteiger partial charge in [0.1, 0.15) is 0 Å². The number of nitrogens with one attached hydrogen (secondary N) is 3. The highest BCUT2D eigenvalue weighted by Gasteiger charge is 2.55. The van der Waals surface area contributed by atoms with E-state index in [1.54, 1.807) is 6.34 Å². The predicted octanol–water partition coefficient (Wildman–Crippen LogP) is 2.15. The van der Waals surface area contributed by atoms with Crippen molar-refractivity contribution in [1.82, 2.24) is 15.8 Å². The monoisotopic (exact) mass is 432 g/mol. The molecule has 1 fully saturated rings. The molecule has 0 aromatic heterocycles. The number of likely N-dealkylation sites (tertiary alicyclic amines) is 1. The van der Waals surface area contributed by atoms with E-state index in [1.807, 2.05) is 48.8 Å². The Morgan fingerprint density at radius 1 is 1.30 bits per heavy atom. The Hall–Kier alpha value is -2.32. The van der Waals surface area contributed by atoms with Gasteiger partial charge in [-0.3, -0.25) is 20.0 Å². The Morgan fingerprint density at radius 3 is 2.73 bits per heavy atom. The largest absolute Gasteiger partial charge is 0.380 e. The number of amides is 2. The van der Waals surface area contributed by atoms with E-state index in [2.05, 4.69) is 21.2 Å². The van der Waals surface area contributed by atoms with E-state index in [9.17, 15) is 9.59 Å². The van der Waals surface area contributed by atoms with Crippen LogP contribution in [-0.2, 0) is 9.59 Å². The number of para-hydroxylation sites is 1. The highest BCUT2D eigenvalue weighted by atomic mass is 35.5. The lowest BCUT2D eigenvalue weighted by atomic mass is 9.84. The molecule has 3 N–H and O–H groups in total. The number of hydrogen-bond acceptors (Lipinski definition) is 6. The third-order valence-corrected chi connectivity index (χ3v) is 6.18. The summed E-state index contributed by atoms with van der Waals surface area (Å²) in [5.74, 6) is -0.338. The average molecular weight is 433 g/mol. The number of carbonyl (C=O) groups is 2. The van der Waals surface area contributed by atoms with Crippen molar-refractivity contribution in [2.45, 2.75) is 57.2 Å². The first-order valence-corrected chi connectivity index (χ1v) is 10.8. The standard InChI is InChI=1S/C21H29ClN6O2/c1-20(2,3)26-25-19(30)21(11-17(29)27-9-4-5-10-27)16-12-23-18-14(22)7-6-8-15(18)28(16)13-24-21/h6-8,13,16,23,26H,4-5,9-12H2,1-3H3,(H,25,30). The number of rotatable bonds is 4. The van der Waals surface area contributed by atoms with Gasteiger partial charge in [0.25, 0.3) is 5.91 Å². The zero-order valence-electron chi connectivity index (χ0n) is 17.7. The van der Waals surface area contributed by atoms with Crippen molar-refractivity contribution in [3.8, 4) is 0 Å². The number of carbonyl (C=O) groups excluding carboxylic acids is 2. The Bertz CT molecular complexity index is 877. The fraction of sp³-hybridized carbons (Fsp3) is 0.571. The van der Waals surface area contributed by atoms with Crippen LogP contribution in [0.4, 0.5) is 11.4 Å². The van der Waals surface area contributed by atoms with Gasteiger partial charge in [-0.15, -0.1) is 0 Å². The lowest BCUT2D eigenvalue weighted by Gasteiger charge is -2.41. The van der Waals surface area contributed by atoms with E-state index in [4.69, 9.17) is 11.6 Å². The number of hydrazine groups is 1. The minimum Gasteiger partial charge on any atom is -0.380 e. The second kappa shape index (κ2) is 7.74. The quantitative estimate of drug-likeness (QED) is 0.634. The van der Waals surface area contributed by atoms with E-state index in [-0.39, 0.29) is 29.8 Å². The minimum atomic E-state index is -1.23. The molecule has 3 aliphatic heterocycles. The first-order chi connectivity index (χ1) is 14.2. The van der Waals surface area contributed by atoms with Crippen LogP contribution in [0.5, 0.6) is 0 Å². The number of hydrogen-bond donors (Lipinski definition) is 3. The van der Waals surface area contributed by atoms with Crippen LogP contribution in [0.15, 0.2) is 23.2 Å².